The normalized spacial score (nSPS) is 12.5. The van der Waals surface area contributed by atoms with E-state index in [1.807, 2.05) is 11.3 Å². The molecule has 0 saturated heterocycles. The maximum atomic E-state index is 2.45. The zero-order valence-corrected chi connectivity index (χ0v) is 42.9. The molecule has 0 unspecified atom stereocenters. The lowest BCUT2D eigenvalue weighted by Gasteiger charge is -2.34. The van der Waals surface area contributed by atoms with Crippen LogP contribution in [-0.4, -0.2) is 4.57 Å². The Bertz CT molecular complexity index is 4450. The van der Waals surface area contributed by atoms with Crippen molar-refractivity contribution in [3.8, 4) is 27.9 Å². The number of para-hydroxylation sites is 4. The molecule has 0 radical (unpaired) electrons. The second kappa shape index (κ2) is 18.3. The van der Waals surface area contributed by atoms with Gasteiger partial charge in [0.25, 0.3) is 0 Å². The molecule has 0 bridgehead atoms. The highest BCUT2D eigenvalue weighted by atomic mass is 32.1. The number of hydrogen-bond acceptors (Lipinski definition) is 3. The molecule has 12 aromatic carbocycles. The van der Waals surface area contributed by atoms with Gasteiger partial charge in [-0.2, -0.15) is 0 Å². The first-order valence-corrected chi connectivity index (χ1v) is 27.2. The van der Waals surface area contributed by atoms with Gasteiger partial charge in [-0.15, -0.1) is 11.3 Å². The number of rotatable bonds is 10. The lowest BCUT2D eigenvalue weighted by molar-refractivity contribution is 0.768. The van der Waals surface area contributed by atoms with Crippen LogP contribution in [0.15, 0.2) is 297 Å². The van der Waals surface area contributed by atoms with Crippen LogP contribution in [0.1, 0.15) is 22.3 Å². The Morgan fingerprint density at radius 3 is 1.53 bits per heavy atom. The minimum absolute atomic E-state index is 0.514. The second-order valence-electron chi connectivity index (χ2n) is 20.0. The van der Waals surface area contributed by atoms with Crippen molar-refractivity contribution in [3.05, 3.63) is 320 Å². The third kappa shape index (κ3) is 7.10. The van der Waals surface area contributed by atoms with E-state index in [-0.39, 0.29) is 0 Å². The Hall–Kier alpha value is -9.74. The van der Waals surface area contributed by atoms with Crippen LogP contribution in [0, 0.1) is 0 Å². The van der Waals surface area contributed by atoms with Crippen molar-refractivity contribution in [2.24, 2.45) is 0 Å². The van der Waals surface area contributed by atoms with Gasteiger partial charge in [0, 0.05) is 70.5 Å². The summed E-state index contributed by atoms with van der Waals surface area (Å²) in [5.41, 5.74) is 19.4. The Kier molecular flexibility index (Phi) is 10.6. The van der Waals surface area contributed by atoms with Crippen molar-refractivity contribution < 1.29 is 0 Å². The van der Waals surface area contributed by atoms with Gasteiger partial charge in [0.2, 0.25) is 0 Å². The second-order valence-corrected chi connectivity index (χ2v) is 21.1. The molecule has 4 heteroatoms. The van der Waals surface area contributed by atoms with E-state index in [0.29, 0.717) is 0 Å². The molecule has 14 aromatic rings. The third-order valence-corrected chi connectivity index (χ3v) is 17.0. The number of hydrogen-bond donors (Lipinski definition) is 0. The molecule has 0 saturated carbocycles. The minimum atomic E-state index is -0.514. The van der Waals surface area contributed by atoms with E-state index in [1.54, 1.807) is 0 Å². The fourth-order valence-corrected chi connectivity index (χ4v) is 13.7. The van der Waals surface area contributed by atoms with Gasteiger partial charge in [-0.05, 0) is 124 Å². The fraction of sp³-hybridized carbons (Fsp3) is 0.0137. The predicted octanol–water partition coefficient (Wildman–Crippen LogP) is 20.1. The molecule has 0 fully saturated rings. The first kappa shape index (κ1) is 44.7. The number of thiophene rings is 1. The molecule has 1 aliphatic carbocycles. The van der Waals surface area contributed by atoms with E-state index in [0.717, 1.165) is 56.5 Å². The Morgan fingerprint density at radius 2 is 0.831 bits per heavy atom. The largest absolute Gasteiger partial charge is 0.310 e. The molecule has 77 heavy (non-hydrogen) atoms. The van der Waals surface area contributed by atoms with Crippen LogP contribution in [0.25, 0.3) is 69.9 Å². The molecule has 15 rings (SSSR count). The number of anilines is 6. The lowest BCUT2D eigenvalue weighted by Crippen LogP contribution is -2.28. The van der Waals surface area contributed by atoms with Crippen molar-refractivity contribution in [1.82, 2.24) is 4.57 Å². The SMILES string of the molecule is c1ccc(N(c2ccc3c4cc5c(cc4n(-c4ccccc4)c3c2)sc2ccccc25)c2ccccc2-c2ccc(N(c3ccccc3)c3cccc4c3-c3ccccc3C4(c3ccccc3)c3ccccc3)cc2)cc1. The summed E-state index contributed by atoms with van der Waals surface area (Å²) in [5.74, 6) is 0. The van der Waals surface area contributed by atoms with Crippen LogP contribution in [-0.2, 0) is 5.41 Å². The Balaban J connectivity index is 0.883. The van der Waals surface area contributed by atoms with Crippen molar-refractivity contribution in [2.75, 3.05) is 9.80 Å². The van der Waals surface area contributed by atoms with Gasteiger partial charge < -0.3 is 14.4 Å². The first-order valence-electron chi connectivity index (χ1n) is 26.4. The maximum Gasteiger partial charge on any atom is 0.0714 e. The van der Waals surface area contributed by atoms with Gasteiger partial charge in [0.05, 0.1) is 27.8 Å². The van der Waals surface area contributed by atoms with Crippen molar-refractivity contribution in [2.45, 2.75) is 5.41 Å². The highest BCUT2D eigenvalue weighted by molar-refractivity contribution is 7.25. The Labute approximate surface area is 452 Å². The number of benzene rings is 12. The molecular formula is C73H49N3S. The summed E-state index contributed by atoms with van der Waals surface area (Å²) in [4.78, 5) is 4.87. The standard InChI is InChI=1S/C73H49N3S/c1-6-23-51(24-7-1)73(52-25-8-2-9-26-52)64-36-19-16-35-61(64)72-65(73)37-22-39-67(72)74(53-27-10-3-11-28-53)56-43-41-50(42-44-56)58-33-17-20-38-66(58)75(54-29-12-4-13-30-54)57-45-46-59-62-48-63-60-34-18-21-40-70(60)77-71(63)49-69(62)76(68(59)47-57)55-31-14-5-15-32-55/h1-49H. The van der Waals surface area contributed by atoms with Gasteiger partial charge >= 0.3 is 0 Å². The molecular weight excluding hydrogens is 951 g/mol. The fourth-order valence-electron chi connectivity index (χ4n) is 12.6. The van der Waals surface area contributed by atoms with E-state index in [1.165, 1.54) is 69.8 Å². The third-order valence-electron chi connectivity index (χ3n) is 15.8. The van der Waals surface area contributed by atoms with E-state index >= 15 is 0 Å². The average Bonchev–Trinajstić information content (AvgIpc) is 4.35. The lowest BCUT2D eigenvalue weighted by atomic mass is 9.68. The van der Waals surface area contributed by atoms with Crippen molar-refractivity contribution >= 4 is 87.4 Å². The quantitative estimate of drug-likeness (QED) is 0.135. The van der Waals surface area contributed by atoms with E-state index in [4.69, 9.17) is 0 Å². The monoisotopic (exact) mass is 999 g/mol. The highest BCUT2D eigenvalue weighted by Crippen LogP contribution is 2.59. The summed E-state index contributed by atoms with van der Waals surface area (Å²) in [5, 5.41) is 5.09. The molecule has 0 spiro atoms. The molecule has 0 atom stereocenters. The summed E-state index contributed by atoms with van der Waals surface area (Å²) < 4.78 is 5.06. The van der Waals surface area contributed by atoms with E-state index < -0.39 is 5.41 Å². The molecule has 0 N–H and O–H groups in total. The van der Waals surface area contributed by atoms with Gasteiger partial charge in [-0.25, -0.2) is 0 Å². The Morgan fingerprint density at radius 1 is 0.312 bits per heavy atom. The van der Waals surface area contributed by atoms with Gasteiger partial charge in [-0.1, -0.05) is 206 Å². The van der Waals surface area contributed by atoms with Crippen molar-refractivity contribution in [1.29, 1.82) is 0 Å². The highest BCUT2D eigenvalue weighted by Gasteiger charge is 2.47. The molecule has 2 aromatic heterocycles. The van der Waals surface area contributed by atoms with Crippen LogP contribution in [0.4, 0.5) is 34.1 Å². The summed E-state index contributed by atoms with van der Waals surface area (Å²) >= 11 is 1.87. The average molecular weight is 1000 g/mol. The summed E-state index contributed by atoms with van der Waals surface area (Å²) in [6.07, 6.45) is 0. The van der Waals surface area contributed by atoms with Crippen LogP contribution in [0.3, 0.4) is 0 Å². The molecule has 1 aliphatic rings. The summed E-state index contributed by atoms with van der Waals surface area (Å²) in [6.45, 7) is 0. The van der Waals surface area contributed by atoms with Crippen LogP contribution < -0.4 is 9.80 Å². The van der Waals surface area contributed by atoms with Crippen LogP contribution in [0.2, 0.25) is 0 Å². The zero-order chi connectivity index (χ0) is 50.9. The molecule has 3 nitrogen and oxygen atoms in total. The number of fused-ring (bicyclic) bond motifs is 9. The van der Waals surface area contributed by atoms with Gasteiger partial charge in [0.1, 0.15) is 0 Å². The summed E-state index contributed by atoms with van der Waals surface area (Å²) in [6, 6.07) is 109. The van der Waals surface area contributed by atoms with E-state index in [9.17, 15) is 0 Å². The van der Waals surface area contributed by atoms with Crippen molar-refractivity contribution in [3.63, 3.8) is 0 Å². The van der Waals surface area contributed by atoms with Crippen LogP contribution >= 0.6 is 11.3 Å². The summed E-state index contributed by atoms with van der Waals surface area (Å²) in [7, 11) is 0. The first-order chi connectivity index (χ1) is 38.2. The molecule has 2 heterocycles. The van der Waals surface area contributed by atoms with E-state index in [2.05, 4.69) is 312 Å². The zero-order valence-electron chi connectivity index (χ0n) is 42.0. The smallest absolute Gasteiger partial charge is 0.0714 e. The maximum absolute atomic E-state index is 2.45. The van der Waals surface area contributed by atoms with Crippen LogP contribution in [0.5, 0.6) is 0 Å². The molecule has 362 valence electrons. The predicted molar refractivity (Wildman–Crippen MR) is 326 cm³/mol. The minimum Gasteiger partial charge on any atom is -0.310 e. The van der Waals surface area contributed by atoms with Gasteiger partial charge in [-0.3, -0.25) is 0 Å². The van der Waals surface area contributed by atoms with Gasteiger partial charge in [0.15, 0.2) is 0 Å². The molecule has 0 aliphatic heterocycles. The number of aromatic nitrogens is 1. The number of nitrogens with zero attached hydrogens (tertiary/aromatic N) is 3. The topological polar surface area (TPSA) is 11.4 Å². The molecule has 0 amide bonds.